The highest BCUT2D eigenvalue weighted by Gasteiger charge is 2.41. The molecule has 0 radical (unpaired) electrons. The number of para-hydroxylation sites is 1. The van der Waals surface area contributed by atoms with Gasteiger partial charge in [0.25, 0.3) is 0 Å². The summed E-state index contributed by atoms with van der Waals surface area (Å²) >= 11 is 5.83. The first-order chi connectivity index (χ1) is 18.3. The Labute approximate surface area is 228 Å². The number of hydrogen-bond acceptors (Lipinski definition) is 4. The van der Waals surface area contributed by atoms with Gasteiger partial charge in [-0.15, -0.1) is 0 Å². The van der Waals surface area contributed by atoms with Gasteiger partial charge in [-0.05, 0) is 86.9 Å². The van der Waals surface area contributed by atoms with Crippen LogP contribution in [0.1, 0.15) is 52.3 Å². The SMILES string of the molecule is Cc1ccccc1NC(=O)CCN1C(=S)N[C@@H](c2ccccn2)[C@H]1c1cc(C)n(-c2ncccc2C)c1C. The number of aryl methyl sites for hydroxylation is 3. The summed E-state index contributed by atoms with van der Waals surface area (Å²) in [5.74, 6) is 0.873. The summed E-state index contributed by atoms with van der Waals surface area (Å²) in [5, 5.41) is 7.16. The van der Waals surface area contributed by atoms with Gasteiger partial charge in [0.15, 0.2) is 5.11 Å². The van der Waals surface area contributed by atoms with Crippen molar-refractivity contribution in [1.82, 2.24) is 24.8 Å². The van der Waals surface area contributed by atoms with Crippen molar-refractivity contribution >= 4 is 28.9 Å². The molecule has 1 saturated heterocycles. The summed E-state index contributed by atoms with van der Waals surface area (Å²) in [6, 6.07) is 19.7. The van der Waals surface area contributed by atoms with Gasteiger partial charge in [-0.2, -0.15) is 0 Å². The third kappa shape index (κ3) is 4.91. The molecule has 194 valence electrons. The highest BCUT2D eigenvalue weighted by atomic mass is 32.1. The Morgan fingerprint density at radius 2 is 1.71 bits per heavy atom. The first-order valence-corrected chi connectivity index (χ1v) is 13.2. The van der Waals surface area contributed by atoms with Crippen LogP contribution in [0.15, 0.2) is 73.1 Å². The van der Waals surface area contributed by atoms with Crippen LogP contribution in [-0.4, -0.2) is 37.0 Å². The average molecular weight is 525 g/mol. The topological polar surface area (TPSA) is 75.1 Å². The average Bonchev–Trinajstić information content (AvgIpc) is 3.39. The fraction of sp³-hybridized carbons (Fsp3) is 0.267. The fourth-order valence-electron chi connectivity index (χ4n) is 5.26. The van der Waals surface area contributed by atoms with Crippen LogP contribution in [0, 0.1) is 27.7 Å². The van der Waals surface area contributed by atoms with Gasteiger partial charge in [-0.1, -0.05) is 30.3 Å². The van der Waals surface area contributed by atoms with E-state index in [1.165, 1.54) is 0 Å². The van der Waals surface area contributed by atoms with Crippen LogP contribution in [-0.2, 0) is 4.79 Å². The predicted octanol–water partition coefficient (Wildman–Crippen LogP) is 5.50. The third-order valence-corrected chi connectivity index (χ3v) is 7.53. The Morgan fingerprint density at radius 1 is 0.974 bits per heavy atom. The predicted molar refractivity (Wildman–Crippen MR) is 154 cm³/mol. The second-order valence-corrected chi connectivity index (χ2v) is 10.1. The molecular formula is C30H32N6OS. The van der Waals surface area contributed by atoms with Crippen molar-refractivity contribution in [2.45, 2.75) is 46.2 Å². The van der Waals surface area contributed by atoms with E-state index in [4.69, 9.17) is 12.2 Å². The molecule has 7 nitrogen and oxygen atoms in total. The van der Waals surface area contributed by atoms with E-state index in [0.717, 1.165) is 45.3 Å². The number of thiocarbonyl (C=S) groups is 1. The molecule has 2 atom stereocenters. The van der Waals surface area contributed by atoms with Crippen LogP contribution in [0.5, 0.6) is 0 Å². The van der Waals surface area contributed by atoms with Crippen molar-refractivity contribution in [1.29, 1.82) is 0 Å². The zero-order valence-electron chi connectivity index (χ0n) is 22.1. The maximum atomic E-state index is 12.9. The number of hydrogen-bond donors (Lipinski definition) is 2. The minimum atomic E-state index is -0.151. The van der Waals surface area contributed by atoms with Crippen LogP contribution >= 0.6 is 12.2 Å². The number of pyridine rings is 2. The molecule has 0 aliphatic carbocycles. The van der Waals surface area contributed by atoms with Gasteiger partial charge >= 0.3 is 0 Å². The lowest BCUT2D eigenvalue weighted by Gasteiger charge is -2.28. The van der Waals surface area contributed by atoms with E-state index in [-0.39, 0.29) is 18.0 Å². The van der Waals surface area contributed by atoms with Crippen LogP contribution < -0.4 is 10.6 Å². The number of aromatic nitrogens is 3. The fourth-order valence-corrected chi connectivity index (χ4v) is 5.59. The van der Waals surface area contributed by atoms with Crippen molar-refractivity contribution < 1.29 is 4.79 Å². The summed E-state index contributed by atoms with van der Waals surface area (Å²) in [6.07, 6.45) is 3.93. The van der Waals surface area contributed by atoms with Crippen molar-refractivity contribution in [3.63, 3.8) is 0 Å². The van der Waals surface area contributed by atoms with Gasteiger partial charge in [0, 0.05) is 42.4 Å². The molecule has 0 saturated carbocycles. The summed E-state index contributed by atoms with van der Waals surface area (Å²) in [4.78, 5) is 24.4. The van der Waals surface area contributed by atoms with Gasteiger partial charge in [0.2, 0.25) is 5.91 Å². The first kappa shape index (κ1) is 25.6. The van der Waals surface area contributed by atoms with E-state index < -0.39 is 0 Å². The van der Waals surface area contributed by atoms with Gasteiger partial charge < -0.3 is 20.1 Å². The Morgan fingerprint density at radius 3 is 2.45 bits per heavy atom. The number of nitrogens with one attached hydrogen (secondary N) is 2. The van der Waals surface area contributed by atoms with Crippen LogP contribution in [0.4, 0.5) is 5.69 Å². The van der Waals surface area contributed by atoms with E-state index in [2.05, 4.69) is 63.0 Å². The van der Waals surface area contributed by atoms with Gasteiger partial charge in [-0.3, -0.25) is 9.78 Å². The van der Waals surface area contributed by atoms with Crippen molar-refractivity contribution in [2.24, 2.45) is 0 Å². The quantitative estimate of drug-likeness (QED) is 0.311. The number of anilines is 1. The van der Waals surface area contributed by atoms with E-state index in [9.17, 15) is 4.79 Å². The first-order valence-electron chi connectivity index (χ1n) is 12.8. The number of amides is 1. The minimum absolute atomic E-state index is 0.0447. The smallest absolute Gasteiger partial charge is 0.226 e. The monoisotopic (exact) mass is 524 g/mol. The van der Waals surface area contributed by atoms with Crippen LogP contribution in [0.25, 0.3) is 5.82 Å². The highest BCUT2D eigenvalue weighted by Crippen LogP contribution is 2.41. The summed E-state index contributed by atoms with van der Waals surface area (Å²) in [5.41, 5.74) is 7.19. The van der Waals surface area contributed by atoms with Crippen molar-refractivity contribution in [3.05, 3.63) is 107 Å². The third-order valence-electron chi connectivity index (χ3n) is 7.18. The number of nitrogens with zero attached hydrogens (tertiary/aromatic N) is 4. The molecule has 38 heavy (non-hydrogen) atoms. The minimum Gasteiger partial charge on any atom is -0.352 e. The second kappa shape index (κ2) is 10.8. The number of carbonyl (C=O) groups is 1. The van der Waals surface area contributed by atoms with E-state index >= 15 is 0 Å². The number of benzene rings is 1. The molecule has 8 heteroatoms. The maximum Gasteiger partial charge on any atom is 0.226 e. The summed E-state index contributed by atoms with van der Waals surface area (Å²) < 4.78 is 2.20. The Hall–Kier alpha value is -4.04. The molecule has 1 aliphatic rings. The van der Waals surface area contributed by atoms with Gasteiger partial charge in [-0.25, -0.2) is 4.98 Å². The zero-order valence-corrected chi connectivity index (χ0v) is 22.9. The molecule has 1 amide bonds. The van der Waals surface area contributed by atoms with Crippen LogP contribution in [0.3, 0.4) is 0 Å². The Kier molecular flexibility index (Phi) is 7.24. The zero-order chi connectivity index (χ0) is 26.8. The number of rotatable bonds is 7. The molecule has 2 N–H and O–H groups in total. The molecule has 1 fully saturated rings. The molecule has 4 heterocycles. The molecular weight excluding hydrogens is 492 g/mol. The normalized spacial score (nSPS) is 16.9. The second-order valence-electron chi connectivity index (χ2n) is 9.74. The Bertz CT molecular complexity index is 1480. The molecule has 0 unspecified atom stereocenters. The molecule has 1 aromatic carbocycles. The van der Waals surface area contributed by atoms with Crippen molar-refractivity contribution in [2.75, 3.05) is 11.9 Å². The molecule has 0 bridgehead atoms. The molecule has 5 rings (SSSR count). The summed E-state index contributed by atoms with van der Waals surface area (Å²) in [6.45, 7) is 8.76. The lowest BCUT2D eigenvalue weighted by molar-refractivity contribution is -0.116. The highest BCUT2D eigenvalue weighted by molar-refractivity contribution is 7.80. The largest absolute Gasteiger partial charge is 0.352 e. The van der Waals surface area contributed by atoms with Gasteiger partial charge in [0.05, 0.1) is 17.8 Å². The molecule has 3 aromatic heterocycles. The lowest BCUT2D eigenvalue weighted by Crippen LogP contribution is -2.33. The summed E-state index contributed by atoms with van der Waals surface area (Å²) in [7, 11) is 0. The Balaban J connectivity index is 1.48. The van der Waals surface area contributed by atoms with Crippen molar-refractivity contribution in [3.8, 4) is 5.82 Å². The maximum absolute atomic E-state index is 12.9. The van der Waals surface area contributed by atoms with E-state index in [1.807, 2.05) is 61.7 Å². The standard InChI is InChI=1S/C30H32N6OS/c1-19-10-5-6-12-24(19)33-26(37)14-17-35-28(27(34-30(35)38)25-13-7-8-15-31-25)23-18-21(3)36(22(23)4)29-20(2)11-9-16-32-29/h5-13,15-16,18,27-28H,14,17H2,1-4H3,(H,33,37)(H,34,38)/t27-,28+/m0/s1. The van der Waals surface area contributed by atoms with E-state index in [1.54, 1.807) is 6.20 Å². The van der Waals surface area contributed by atoms with E-state index in [0.29, 0.717) is 18.1 Å². The molecule has 0 spiro atoms. The van der Waals surface area contributed by atoms with Gasteiger partial charge in [0.1, 0.15) is 5.82 Å². The molecule has 4 aromatic rings. The number of carbonyl (C=O) groups excluding carboxylic acids is 1. The lowest BCUT2D eigenvalue weighted by atomic mass is 9.96. The molecule has 1 aliphatic heterocycles. The van der Waals surface area contributed by atoms with Crippen LogP contribution in [0.2, 0.25) is 0 Å².